The van der Waals surface area contributed by atoms with Gasteiger partial charge in [-0.1, -0.05) is 103 Å². The summed E-state index contributed by atoms with van der Waals surface area (Å²) in [5.74, 6) is -4.20. The van der Waals surface area contributed by atoms with E-state index in [-0.39, 0.29) is 35.6 Å². The van der Waals surface area contributed by atoms with Crippen molar-refractivity contribution in [3.05, 3.63) is 174 Å². The number of carbonyl (C=O) groups excluding carboxylic acids is 4. The maximum atomic E-state index is 15.1. The van der Waals surface area contributed by atoms with Crippen LogP contribution in [0.5, 0.6) is 5.75 Å². The Labute approximate surface area is 307 Å². The molecule has 53 heavy (non-hydrogen) atoms. The van der Waals surface area contributed by atoms with Gasteiger partial charge in [0.1, 0.15) is 5.75 Å². The third-order valence-electron chi connectivity index (χ3n) is 11.8. The van der Waals surface area contributed by atoms with Crippen LogP contribution in [0.1, 0.15) is 35.4 Å². The van der Waals surface area contributed by atoms with Gasteiger partial charge in [-0.25, -0.2) is 0 Å². The normalized spacial score (nSPS) is 26.3. The molecule has 9 rings (SSSR count). The zero-order chi connectivity index (χ0) is 36.3. The molecule has 5 aromatic rings. The van der Waals surface area contributed by atoms with E-state index in [0.717, 1.165) is 16.9 Å². The van der Waals surface area contributed by atoms with E-state index in [1.165, 1.54) is 11.0 Å². The fraction of sp³-hybridized carbons (Fsp3) is 0.174. The number of phenols is 1. The average molecular weight is 697 g/mol. The molecule has 2 fully saturated rings. The second-order valence-corrected chi connectivity index (χ2v) is 14.4. The highest BCUT2D eigenvalue weighted by Gasteiger charge is 2.66. The van der Waals surface area contributed by atoms with Gasteiger partial charge in [0.25, 0.3) is 0 Å². The van der Waals surface area contributed by atoms with Crippen molar-refractivity contribution in [3.63, 3.8) is 0 Å². The van der Waals surface area contributed by atoms with Gasteiger partial charge in [-0.15, -0.1) is 0 Å². The van der Waals surface area contributed by atoms with Crippen LogP contribution >= 0.6 is 0 Å². The van der Waals surface area contributed by atoms with Crippen molar-refractivity contribution in [2.24, 2.45) is 23.7 Å². The Morgan fingerprint density at radius 1 is 0.679 bits per heavy atom. The second kappa shape index (κ2) is 12.7. The molecule has 6 atom stereocenters. The molecule has 3 aliphatic carbocycles. The molecular weight excluding hydrogens is 661 g/mol. The van der Waals surface area contributed by atoms with Gasteiger partial charge >= 0.3 is 0 Å². The Hall–Kier alpha value is -6.34. The summed E-state index contributed by atoms with van der Waals surface area (Å²) in [7, 11) is 0. The molecule has 2 N–H and O–H groups in total. The van der Waals surface area contributed by atoms with Gasteiger partial charge in [0.15, 0.2) is 11.6 Å². The van der Waals surface area contributed by atoms with Crippen molar-refractivity contribution in [1.82, 2.24) is 0 Å². The quantitative estimate of drug-likeness (QED) is 0.137. The van der Waals surface area contributed by atoms with Gasteiger partial charge < -0.3 is 10.4 Å². The van der Waals surface area contributed by atoms with Crippen LogP contribution in [0, 0.1) is 23.7 Å². The number of benzene rings is 5. The first-order chi connectivity index (χ1) is 25.9. The van der Waals surface area contributed by atoms with Crippen LogP contribution in [0.15, 0.2) is 157 Å². The van der Waals surface area contributed by atoms with E-state index in [9.17, 15) is 14.7 Å². The zero-order valence-electron chi connectivity index (χ0n) is 28.8. The highest BCUT2D eigenvalue weighted by molar-refractivity contribution is 6.32. The molecule has 0 bridgehead atoms. The zero-order valence-corrected chi connectivity index (χ0v) is 28.8. The number of phenolic OH excluding ortho intramolecular Hbond substituents is 1. The van der Waals surface area contributed by atoms with Crippen LogP contribution in [0.4, 0.5) is 17.1 Å². The van der Waals surface area contributed by atoms with E-state index in [1.54, 1.807) is 30.3 Å². The van der Waals surface area contributed by atoms with Crippen molar-refractivity contribution in [3.8, 4) is 5.75 Å². The van der Waals surface area contributed by atoms with Crippen LogP contribution in [-0.2, 0) is 24.6 Å². The molecule has 1 saturated heterocycles. The lowest BCUT2D eigenvalue weighted by molar-refractivity contribution is -0.135. The minimum absolute atomic E-state index is 0.0391. The number of para-hydroxylation sites is 1. The van der Waals surface area contributed by atoms with Crippen LogP contribution in [0.3, 0.4) is 0 Å². The van der Waals surface area contributed by atoms with E-state index in [1.807, 2.05) is 115 Å². The van der Waals surface area contributed by atoms with Gasteiger partial charge in [0, 0.05) is 28.8 Å². The number of aromatic hydroxyl groups is 1. The molecule has 5 aromatic carbocycles. The van der Waals surface area contributed by atoms with Gasteiger partial charge in [0.05, 0.1) is 22.9 Å². The number of hydrogen-bond donors (Lipinski definition) is 2. The third-order valence-corrected chi connectivity index (χ3v) is 11.8. The van der Waals surface area contributed by atoms with E-state index >= 15 is 9.59 Å². The molecule has 1 heterocycles. The maximum Gasteiger partial charge on any atom is 0.238 e. The number of carbonyl (C=O) groups is 4. The lowest BCUT2D eigenvalue weighted by Gasteiger charge is -2.55. The summed E-state index contributed by atoms with van der Waals surface area (Å²) in [6, 6.07) is 42.6. The van der Waals surface area contributed by atoms with E-state index < -0.39 is 35.0 Å². The summed E-state index contributed by atoms with van der Waals surface area (Å²) in [5.41, 5.74) is 4.15. The number of anilines is 3. The summed E-state index contributed by atoms with van der Waals surface area (Å²) in [6.45, 7) is 0. The molecule has 0 spiro atoms. The number of fused-ring (bicyclic) bond motifs is 4. The number of hydrogen-bond acceptors (Lipinski definition) is 6. The average Bonchev–Trinajstić information content (AvgIpc) is 3.45. The van der Waals surface area contributed by atoms with Gasteiger partial charge in [-0.05, 0) is 90.1 Å². The second-order valence-electron chi connectivity index (χ2n) is 14.4. The van der Waals surface area contributed by atoms with Crippen molar-refractivity contribution in [2.75, 3.05) is 10.2 Å². The van der Waals surface area contributed by atoms with Crippen molar-refractivity contribution >= 4 is 46.0 Å². The molecule has 0 aromatic heterocycles. The Morgan fingerprint density at radius 2 is 1.34 bits per heavy atom. The fourth-order valence-corrected chi connectivity index (χ4v) is 9.59. The number of amides is 2. The minimum Gasteiger partial charge on any atom is -0.508 e. The van der Waals surface area contributed by atoms with Gasteiger partial charge in [0.2, 0.25) is 11.8 Å². The Kier molecular flexibility index (Phi) is 7.81. The molecule has 4 aliphatic rings. The number of ketones is 2. The highest BCUT2D eigenvalue weighted by atomic mass is 16.3. The fourth-order valence-electron chi connectivity index (χ4n) is 9.59. The first-order valence-corrected chi connectivity index (χ1v) is 18.1. The highest BCUT2D eigenvalue weighted by Crippen LogP contribution is 2.63. The summed E-state index contributed by atoms with van der Waals surface area (Å²) in [5, 5.41) is 14.1. The Morgan fingerprint density at radius 3 is 2.04 bits per heavy atom. The number of allylic oxidation sites excluding steroid dienone is 4. The smallest absolute Gasteiger partial charge is 0.238 e. The SMILES string of the molecule is O=C1C(c2ccccc2)=CC(=O)[C@@]2(c3ccccc3)[C@@H](c3cccc(O)c3)C3=CC[C@@H]4C(=O)N(c5ccc(Nc6ccccc6)cc5)C(=O)[C@@H]4[C@@H]3C[C@@H]12. The minimum atomic E-state index is -1.34. The summed E-state index contributed by atoms with van der Waals surface area (Å²) < 4.78 is 0. The first kappa shape index (κ1) is 32.6. The largest absolute Gasteiger partial charge is 0.508 e. The van der Waals surface area contributed by atoms with Crippen LogP contribution in [0.2, 0.25) is 0 Å². The maximum absolute atomic E-state index is 15.1. The molecular formula is C46H36N2O5. The molecule has 7 nitrogen and oxygen atoms in total. The molecule has 0 radical (unpaired) electrons. The number of imide groups is 1. The number of rotatable bonds is 6. The van der Waals surface area contributed by atoms with E-state index in [2.05, 4.69) is 5.32 Å². The topological polar surface area (TPSA) is 104 Å². The molecule has 1 aliphatic heterocycles. The molecule has 260 valence electrons. The Bertz CT molecular complexity index is 2330. The van der Waals surface area contributed by atoms with Crippen LogP contribution < -0.4 is 10.2 Å². The Balaban J connectivity index is 1.17. The van der Waals surface area contributed by atoms with Crippen molar-refractivity contribution in [1.29, 1.82) is 0 Å². The van der Waals surface area contributed by atoms with Crippen molar-refractivity contribution < 1.29 is 24.3 Å². The standard InChI is InChI=1S/C46H36N2O5/c49-34-18-10-13-29(25-34)42-35-23-24-36-41(45(53)48(44(36)52)33-21-19-32(20-22-33)47-31-16-8-3-9-17-31)38(35)26-39-43(51)37(28-11-4-1-5-12-28)27-40(50)46(39,42)30-14-6-2-7-15-30/h1-23,25,27,36,38-39,41-42,47,49H,24,26H2/t36-,38+,39-,41-,42-,46-/m0/s1. The summed E-state index contributed by atoms with van der Waals surface area (Å²) in [4.78, 5) is 60.3. The van der Waals surface area contributed by atoms with E-state index in [4.69, 9.17) is 0 Å². The first-order valence-electron chi connectivity index (χ1n) is 18.1. The summed E-state index contributed by atoms with van der Waals surface area (Å²) >= 11 is 0. The predicted octanol–water partition coefficient (Wildman–Crippen LogP) is 8.16. The molecule has 7 heteroatoms. The van der Waals surface area contributed by atoms with E-state index in [0.29, 0.717) is 34.4 Å². The third kappa shape index (κ3) is 5.10. The van der Waals surface area contributed by atoms with Crippen LogP contribution in [-0.4, -0.2) is 28.5 Å². The van der Waals surface area contributed by atoms with Crippen LogP contribution in [0.25, 0.3) is 5.57 Å². The lowest BCUT2D eigenvalue weighted by atomic mass is 9.44. The number of nitrogens with zero attached hydrogens (tertiary/aromatic N) is 1. The number of nitrogens with one attached hydrogen (secondary N) is 1. The lowest BCUT2D eigenvalue weighted by Crippen LogP contribution is -2.58. The molecule has 2 amide bonds. The summed E-state index contributed by atoms with van der Waals surface area (Å²) in [6.07, 6.45) is 4.09. The predicted molar refractivity (Wildman–Crippen MR) is 203 cm³/mol. The molecule has 1 saturated carbocycles. The monoisotopic (exact) mass is 696 g/mol. The van der Waals surface area contributed by atoms with Gasteiger partial charge in [-0.3, -0.25) is 24.1 Å². The molecule has 0 unspecified atom stereocenters. The number of Topliss-reactive ketones (excluding diaryl/α,β-unsaturated/α-hetero) is 1. The van der Waals surface area contributed by atoms with Crippen molar-refractivity contribution in [2.45, 2.75) is 24.2 Å². The van der Waals surface area contributed by atoms with Gasteiger partial charge in [-0.2, -0.15) is 0 Å².